The Balaban J connectivity index is 1.53. The van der Waals surface area contributed by atoms with Crippen molar-refractivity contribution in [2.75, 3.05) is 17.1 Å². The number of sulfonamides is 1. The van der Waals surface area contributed by atoms with Crippen LogP contribution in [0.2, 0.25) is 0 Å². The van der Waals surface area contributed by atoms with E-state index in [0.29, 0.717) is 5.13 Å². The molecule has 0 saturated carbocycles. The van der Waals surface area contributed by atoms with E-state index in [2.05, 4.69) is 15.0 Å². The molecule has 32 heavy (non-hydrogen) atoms. The molecule has 9 heteroatoms. The van der Waals surface area contributed by atoms with Gasteiger partial charge in [-0.15, -0.1) is 11.3 Å². The first-order chi connectivity index (χ1) is 15.5. The average molecular weight is 463 g/mol. The number of fused-ring (bicyclic) bond motifs is 2. The maximum Gasteiger partial charge on any atom is 0.263 e. The van der Waals surface area contributed by atoms with Gasteiger partial charge in [-0.05, 0) is 48.5 Å². The number of rotatable bonds is 6. The number of anilines is 3. The summed E-state index contributed by atoms with van der Waals surface area (Å²) in [6.07, 6.45) is 1.55. The maximum atomic E-state index is 12.6. The second-order valence-corrected chi connectivity index (χ2v) is 9.56. The summed E-state index contributed by atoms with van der Waals surface area (Å²) in [5, 5.41) is 7.35. The van der Waals surface area contributed by atoms with Gasteiger partial charge in [0.15, 0.2) is 5.13 Å². The molecule has 160 valence electrons. The van der Waals surface area contributed by atoms with E-state index in [1.54, 1.807) is 43.0 Å². The van der Waals surface area contributed by atoms with Crippen LogP contribution in [0.4, 0.5) is 16.5 Å². The Morgan fingerprint density at radius 1 is 0.938 bits per heavy atom. The number of nitrogens with one attached hydrogen (secondary N) is 2. The van der Waals surface area contributed by atoms with E-state index in [0.717, 1.165) is 38.9 Å². The summed E-state index contributed by atoms with van der Waals surface area (Å²) in [4.78, 5) is 8.88. The number of hydrogen-bond donors (Lipinski definition) is 2. The minimum atomic E-state index is -3.71. The first kappa shape index (κ1) is 20.2. The van der Waals surface area contributed by atoms with Crippen LogP contribution in [0, 0.1) is 0 Å². The molecule has 0 aliphatic carbocycles. The Bertz CT molecular complexity index is 1520. The predicted molar refractivity (Wildman–Crippen MR) is 128 cm³/mol. The summed E-state index contributed by atoms with van der Waals surface area (Å²) >= 11 is 1.22. The lowest BCUT2D eigenvalue weighted by molar-refractivity contribution is 0.415. The van der Waals surface area contributed by atoms with Crippen molar-refractivity contribution >= 4 is 59.7 Å². The maximum absolute atomic E-state index is 12.6. The monoisotopic (exact) mass is 462 g/mol. The normalized spacial score (nSPS) is 11.5. The molecular formula is C23H18N4O3S2. The third-order valence-corrected chi connectivity index (χ3v) is 7.15. The van der Waals surface area contributed by atoms with Crippen LogP contribution in [-0.4, -0.2) is 25.5 Å². The summed E-state index contributed by atoms with van der Waals surface area (Å²) in [6, 6.07) is 20.2. The van der Waals surface area contributed by atoms with E-state index in [9.17, 15) is 8.42 Å². The molecule has 5 rings (SSSR count). The first-order valence-corrected chi connectivity index (χ1v) is 12.1. The molecule has 5 aromatic rings. The second kappa shape index (κ2) is 8.10. The van der Waals surface area contributed by atoms with Gasteiger partial charge in [0.25, 0.3) is 10.0 Å². The lowest BCUT2D eigenvalue weighted by Gasteiger charge is -2.14. The minimum absolute atomic E-state index is 0.157. The Hall–Kier alpha value is -3.69. The molecule has 0 unspecified atom stereocenters. The minimum Gasteiger partial charge on any atom is -0.497 e. The van der Waals surface area contributed by atoms with E-state index in [-0.39, 0.29) is 4.90 Å². The Kier molecular flexibility index (Phi) is 5.12. The number of benzene rings is 3. The molecule has 3 aromatic carbocycles. The Labute approximate surface area is 188 Å². The molecule has 0 fully saturated rings. The van der Waals surface area contributed by atoms with Crippen LogP contribution in [0.3, 0.4) is 0 Å². The van der Waals surface area contributed by atoms with Crippen molar-refractivity contribution in [3.8, 4) is 5.75 Å². The molecule has 0 saturated heterocycles. The van der Waals surface area contributed by atoms with Gasteiger partial charge in [0.05, 0.1) is 28.7 Å². The van der Waals surface area contributed by atoms with Crippen LogP contribution in [-0.2, 0) is 10.0 Å². The summed E-state index contributed by atoms with van der Waals surface area (Å²) < 4.78 is 33.1. The molecule has 2 aromatic heterocycles. The molecular weight excluding hydrogens is 444 g/mol. The molecule has 0 radical (unpaired) electrons. The van der Waals surface area contributed by atoms with Gasteiger partial charge in [-0.2, -0.15) is 0 Å². The molecule has 0 bridgehead atoms. The zero-order chi connectivity index (χ0) is 22.1. The van der Waals surface area contributed by atoms with Gasteiger partial charge in [-0.1, -0.05) is 18.2 Å². The number of hydrogen-bond acceptors (Lipinski definition) is 7. The summed E-state index contributed by atoms with van der Waals surface area (Å²) in [6.45, 7) is 0. The van der Waals surface area contributed by atoms with Gasteiger partial charge in [-0.25, -0.2) is 18.4 Å². The summed E-state index contributed by atoms with van der Waals surface area (Å²) in [7, 11) is -2.08. The van der Waals surface area contributed by atoms with Crippen molar-refractivity contribution in [3.05, 3.63) is 78.3 Å². The van der Waals surface area contributed by atoms with Crippen molar-refractivity contribution in [1.29, 1.82) is 0 Å². The Morgan fingerprint density at radius 3 is 2.47 bits per heavy atom. The topological polar surface area (TPSA) is 93.2 Å². The van der Waals surface area contributed by atoms with Crippen molar-refractivity contribution in [2.45, 2.75) is 4.90 Å². The number of pyridine rings is 1. The molecule has 0 atom stereocenters. The second-order valence-electron chi connectivity index (χ2n) is 6.98. The number of thiazole rings is 1. The Morgan fingerprint density at radius 2 is 1.72 bits per heavy atom. The van der Waals surface area contributed by atoms with Crippen molar-refractivity contribution in [3.63, 3.8) is 0 Å². The van der Waals surface area contributed by atoms with E-state index >= 15 is 0 Å². The quantitative estimate of drug-likeness (QED) is 0.328. The highest BCUT2D eigenvalue weighted by molar-refractivity contribution is 7.93. The summed E-state index contributed by atoms with van der Waals surface area (Å²) in [5.74, 6) is 0.729. The van der Waals surface area contributed by atoms with E-state index in [1.165, 1.54) is 11.3 Å². The van der Waals surface area contributed by atoms with E-state index in [1.807, 2.05) is 42.5 Å². The van der Waals surface area contributed by atoms with Gasteiger partial charge in [0, 0.05) is 28.0 Å². The predicted octanol–water partition coefficient (Wildman–Crippen LogP) is 5.40. The van der Waals surface area contributed by atoms with E-state index in [4.69, 9.17) is 9.72 Å². The number of nitrogens with zero attached hydrogens (tertiary/aromatic N) is 2. The fourth-order valence-corrected chi connectivity index (χ4v) is 5.23. The van der Waals surface area contributed by atoms with Crippen molar-refractivity contribution < 1.29 is 13.2 Å². The van der Waals surface area contributed by atoms with Crippen LogP contribution >= 0.6 is 11.3 Å². The number of aromatic nitrogens is 2. The fourth-order valence-electron chi connectivity index (χ4n) is 3.44. The van der Waals surface area contributed by atoms with Crippen LogP contribution in [0.5, 0.6) is 5.75 Å². The number of para-hydroxylation sites is 1. The third-order valence-electron chi connectivity index (χ3n) is 4.98. The highest BCUT2D eigenvalue weighted by Crippen LogP contribution is 2.35. The average Bonchev–Trinajstić information content (AvgIpc) is 3.31. The van der Waals surface area contributed by atoms with Gasteiger partial charge in [-0.3, -0.25) is 4.72 Å². The molecule has 7 nitrogen and oxygen atoms in total. The zero-order valence-electron chi connectivity index (χ0n) is 16.9. The van der Waals surface area contributed by atoms with Crippen LogP contribution in [0.25, 0.3) is 21.8 Å². The van der Waals surface area contributed by atoms with Crippen LogP contribution in [0.1, 0.15) is 0 Å². The smallest absolute Gasteiger partial charge is 0.263 e. The highest BCUT2D eigenvalue weighted by Gasteiger charge is 2.16. The molecule has 0 aliphatic heterocycles. The van der Waals surface area contributed by atoms with Gasteiger partial charge in [0.1, 0.15) is 5.75 Å². The van der Waals surface area contributed by atoms with Crippen molar-refractivity contribution in [2.24, 2.45) is 0 Å². The van der Waals surface area contributed by atoms with Crippen molar-refractivity contribution in [1.82, 2.24) is 9.97 Å². The van der Waals surface area contributed by atoms with E-state index < -0.39 is 10.0 Å². The van der Waals surface area contributed by atoms with Crippen LogP contribution < -0.4 is 14.8 Å². The summed E-state index contributed by atoms with van der Waals surface area (Å²) in [5.41, 5.74) is 3.32. The molecule has 2 N–H and O–H groups in total. The zero-order valence-corrected chi connectivity index (χ0v) is 18.6. The lowest BCUT2D eigenvalue weighted by atomic mass is 10.1. The molecule has 0 aliphatic rings. The highest BCUT2D eigenvalue weighted by atomic mass is 32.2. The molecule has 0 spiro atoms. The number of methoxy groups -OCH3 is 1. The van der Waals surface area contributed by atoms with Crippen LogP contribution in [0.15, 0.2) is 83.2 Å². The lowest BCUT2D eigenvalue weighted by Crippen LogP contribution is -2.12. The first-order valence-electron chi connectivity index (χ1n) is 9.69. The SMILES string of the molecule is COc1ccc2nc3ccccc3c(Nc3ccc(S(=O)(=O)Nc4nccs4)cc3)c2c1. The molecule has 0 amide bonds. The third kappa shape index (κ3) is 3.83. The largest absolute Gasteiger partial charge is 0.497 e. The van der Waals surface area contributed by atoms with Gasteiger partial charge >= 0.3 is 0 Å². The number of ether oxygens (including phenoxy) is 1. The standard InChI is InChI=1S/C23H18N4O3S2/c1-30-16-8-11-21-19(14-16)22(18-4-2-3-5-20(18)26-21)25-15-6-9-17(10-7-15)32(28,29)27-23-24-12-13-31-23/h2-14H,1H3,(H,24,27)(H,25,26). The molecule has 2 heterocycles. The van der Waals surface area contributed by atoms with Gasteiger partial charge in [0.2, 0.25) is 0 Å². The fraction of sp³-hybridized carbons (Fsp3) is 0.0435. The van der Waals surface area contributed by atoms with Gasteiger partial charge < -0.3 is 10.1 Å².